The Labute approximate surface area is 105 Å². The Morgan fingerprint density at radius 3 is 2.33 bits per heavy atom. The zero-order valence-electron chi connectivity index (χ0n) is 10.0. The van der Waals surface area contributed by atoms with E-state index in [4.69, 9.17) is 0 Å². The molecule has 0 aliphatic heterocycles. The molecule has 18 heavy (non-hydrogen) atoms. The van der Waals surface area contributed by atoms with Gasteiger partial charge in [-0.1, -0.05) is 37.3 Å². The zero-order chi connectivity index (χ0) is 13.2. The van der Waals surface area contributed by atoms with Gasteiger partial charge < -0.3 is 5.11 Å². The maximum atomic E-state index is 13.8. The lowest BCUT2D eigenvalue weighted by molar-refractivity contribution is 0.0722. The molecule has 2 rings (SSSR count). The lowest BCUT2D eigenvalue weighted by atomic mass is 9.84. The molecule has 0 aromatic heterocycles. The fourth-order valence-electron chi connectivity index (χ4n) is 2.08. The van der Waals surface area contributed by atoms with Crippen LogP contribution in [0, 0.1) is 11.6 Å². The molecule has 0 radical (unpaired) electrons. The number of benzene rings is 2. The van der Waals surface area contributed by atoms with Crippen LogP contribution in [0.2, 0.25) is 0 Å². The van der Waals surface area contributed by atoms with Crippen molar-refractivity contribution in [2.45, 2.75) is 18.9 Å². The lowest BCUT2D eigenvalue weighted by Gasteiger charge is -2.28. The average molecular weight is 248 g/mol. The highest BCUT2D eigenvalue weighted by molar-refractivity contribution is 5.36. The van der Waals surface area contributed by atoms with Gasteiger partial charge in [0.25, 0.3) is 0 Å². The first kappa shape index (κ1) is 12.7. The summed E-state index contributed by atoms with van der Waals surface area (Å²) >= 11 is 0. The molecule has 0 saturated heterocycles. The van der Waals surface area contributed by atoms with Gasteiger partial charge in [-0.15, -0.1) is 0 Å². The van der Waals surface area contributed by atoms with Crippen LogP contribution in [0.25, 0.3) is 0 Å². The van der Waals surface area contributed by atoms with E-state index >= 15 is 0 Å². The van der Waals surface area contributed by atoms with Gasteiger partial charge in [-0.05, 0) is 30.2 Å². The van der Waals surface area contributed by atoms with Crippen molar-refractivity contribution < 1.29 is 13.9 Å². The topological polar surface area (TPSA) is 20.2 Å². The second-order valence-electron chi connectivity index (χ2n) is 4.20. The third-order valence-electron chi connectivity index (χ3n) is 3.14. The van der Waals surface area contributed by atoms with Crippen LogP contribution in [0.1, 0.15) is 24.5 Å². The van der Waals surface area contributed by atoms with Gasteiger partial charge in [0.2, 0.25) is 0 Å². The van der Waals surface area contributed by atoms with E-state index in [9.17, 15) is 13.9 Å². The lowest BCUT2D eigenvalue weighted by Crippen LogP contribution is -2.27. The molecular formula is C15H14F2O. The van der Waals surface area contributed by atoms with Crippen LogP contribution in [0.4, 0.5) is 8.78 Å². The molecule has 1 N–H and O–H groups in total. The van der Waals surface area contributed by atoms with Gasteiger partial charge in [-0.3, -0.25) is 0 Å². The normalized spacial score (nSPS) is 14.2. The Balaban J connectivity index is 2.60. The molecule has 0 fully saturated rings. The van der Waals surface area contributed by atoms with Crippen molar-refractivity contribution in [3.8, 4) is 0 Å². The van der Waals surface area contributed by atoms with Crippen LogP contribution >= 0.6 is 0 Å². The highest BCUT2D eigenvalue weighted by Crippen LogP contribution is 2.34. The SMILES string of the molecule is CCC(O)(c1ccccc1)c1cc(F)ccc1F. The fourth-order valence-corrected chi connectivity index (χ4v) is 2.08. The predicted molar refractivity (Wildman–Crippen MR) is 66.1 cm³/mol. The minimum absolute atomic E-state index is 0.0313. The van der Waals surface area contributed by atoms with E-state index < -0.39 is 17.2 Å². The van der Waals surface area contributed by atoms with E-state index in [1.54, 1.807) is 31.2 Å². The monoisotopic (exact) mass is 248 g/mol. The van der Waals surface area contributed by atoms with Gasteiger partial charge in [0.05, 0.1) is 0 Å². The number of rotatable bonds is 3. The number of aliphatic hydroxyl groups is 1. The van der Waals surface area contributed by atoms with Crippen molar-refractivity contribution in [2.75, 3.05) is 0 Å². The Kier molecular flexibility index (Phi) is 3.43. The van der Waals surface area contributed by atoms with Gasteiger partial charge in [0.15, 0.2) is 0 Å². The van der Waals surface area contributed by atoms with Crippen LogP contribution in [-0.4, -0.2) is 5.11 Å². The molecule has 0 spiro atoms. The van der Waals surface area contributed by atoms with Gasteiger partial charge in [-0.25, -0.2) is 8.78 Å². The fraction of sp³-hybridized carbons (Fsp3) is 0.200. The molecule has 1 nitrogen and oxygen atoms in total. The minimum Gasteiger partial charge on any atom is -0.380 e. The highest BCUT2D eigenvalue weighted by Gasteiger charge is 2.32. The van der Waals surface area contributed by atoms with Crippen LogP contribution < -0.4 is 0 Å². The average Bonchev–Trinajstić information content (AvgIpc) is 2.41. The first-order valence-corrected chi connectivity index (χ1v) is 5.81. The molecule has 1 unspecified atom stereocenters. The number of halogens is 2. The summed E-state index contributed by atoms with van der Waals surface area (Å²) in [5.41, 5.74) is -0.985. The molecule has 1 atom stereocenters. The smallest absolute Gasteiger partial charge is 0.129 e. The molecule has 0 amide bonds. The third kappa shape index (κ3) is 2.14. The van der Waals surface area contributed by atoms with Crippen molar-refractivity contribution in [3.63, 3.8) is 0 Å². The van der Waals surface area contributed by atoms with Crippen molar-refractivity contribution >= 4 is 0 Å². The van der Waals surface area contributed by atoms with Gasteiger partial charge >= 0.3 is 0 Å². The summed E-state index contributed by atoms with van der Waals surface area (Å²) in [6, 6.07) is 11.9. The quantitative estimate of drug-likeness (QED) is 0.879. The van der Waals surface area contributed by atoms with E-state index in [1.807, 2.05) is 6.07 Å². The molecule has 0 heterocycles. The molecule has 2 aromatic carbocycles. The Hall–Kier alpha value is -1.74. The van der Waals surface area contributed by atoms with Gasteiger partial charge in [0.1, 0.15) is 17.2 Å². The molecule has 0 saturated carbocycles. The summed E-state index contributed by atoms with van der Waals surface area (Å²) in [6.45, 7) is 1.73. The van der Waals surface area contributed by atoms with Crippen molar-refractivity contribution in [3.05, 3.63) is 71.3 Å². The second-order valence-corrected chi connectivity index (χ2v) is 4.20. The van der Waals surface area contributed by atoms with Crippen LogP contribution in [0.5, 0.6) is 0 Å². The predicted octanol–water partition coefficient (Wildman–Crippen LogP) is 3.61. The molecule has 0 aliphatic rings. The maximum Gasteiger partial charge on any atom is 0.129 e. The van der Waals surface area contributed by atoms with Crippen LogP contribution in [-0.2, 0) is 5.60 Å². The highest BCUT2D eigenvalue weighted by atomic mass is 19.1. The van der Waals surface area contributed by atoms with Crippen molar-refractivity contribution in [1.29, 1.82) is 0 Å². The van der Waals surface area contributed by atoms with E-state index in [0.717, 1.165) is 18.2 Å². The molecule has 0 aliphatic carbocycles. The standard InChI is InChI=1S/C15H14F2O/c1-2-15(18,11-6-4-3-5-7-11)13-10-12(16)8-9-14(13)17/h3-10,18H,2H2,1H3. The maximum absolute atomic E-state index is 13.8. The first-order valence-electron chi connectivity index (χ1n) is 5.81. The van der Waals surface area contributed by atoms with E-state index in [1.165, 1.54) is 0 Å². The van der Waals surface area contributed by atoms with E-state index in [2.05, 4.69) is 0 Å². The van der Waals surface area contributed by atoms with Crippen LogP contribution in [0.3, 0.4) is 0 Å². The van der Waals surface area contributed by atoms with Crippen molar-refractivity contribution in [2.24, 2.45) is 0 Å². The first-order chi connectivity index (χ1) is 8.58. The Bertz CT molecular complexity index is 539. The summed E-state index contributed by atoms with van der Waals surface area (Å²) in [6.07, 6.45) is 0.261. The summed E-state index contributed by atoms with van der Waals surface area (Å²) in [5.74, 6) is -1.17. The van der Waals surface area contributed by atoms with Gasteiger partial charge in [0, 0.05) is 5.56 Å². The summed E-state index contributed by atoms with van der Waals surface area (Å²) in [5, 5.41) is 10.7. The summed E-state index contributed by atoms with van der Waals surface area (Å²) < 4.78 is 27.1. The molecule has 3 heteroatoms. The number of hydrogen-bond acceptors (Lipinski definition) is 1. The van der Waals surface area contributed by atoms with E-state index in [-0.39, 0.29) is 12.0 Å². The molecule has 94 valence electrons. The summed E-state index contributed by atoms with van der Waals surface area (Å²) in [7, 11) is 0. The van der Waals surface area contributed by atoms with Gasteiger partial charge in [-0.2, -0.15) is 0 Å². The third-order valence-corrected chi connectivity index (χ3v) is 3.14. The summed E-state index contributed by atoms with van der Waals surface area (Å²) in [4.78, 5) is 0. The molecule has 0 bridgehead atoms. The van der Waals surface area contributed by atoms with E-state index in [0.29, 0.717) is 5.56 Å². The largest absolute Gasteiger partial charge is 0.380 e. The Morgan fingerprint density at radius 1 is 1.06 bits per heavy atom. The minimum atomic E-state index is -1.51. The second kappa shape index (κ2) is 4.86. The van der Waals surface area contributed by atoms with Crippen LogP contribution in [0.15, 0.2) is 48.5 Å². The Morgan fingerprint density at radius 2 is 1.72 bits per heavy atom. The molecule has 2 aromatic rings. The number of hydrogen-bond donors (Lipinski definition) is 1. The molecular weight excluding hydrogens is 234 g/mol. The van der Waals surface area contributed by atoms with Crippen molar-refractivity contribution in [1.82, 2.24) is 0 Å². The zero-order valence-corrected chi connectivity index (χ0v) is 10.0.